The van der Waals surface area contributed by atoms with Crippen molar-refractivity contribution in [2.75, 3.05) is 25.1 Å². The van der Waals surface area contributed by atoms with Gasteiger partial charge in [-0.05, 0) is 43.3 Å². The van der Waals surface area contributed by atoms with Crippen LogP contribution < -0.4 is 13.8 Å². The van der Waals surface area contributed by atoms with Crippen LogP contribution in [0.2, 0.25) is 0 Å². The molecule has 6 heteroatoms. The molecule has 0 aliphatic rings. The second-order valence-electron chi connectivity index (χ2n) is 4.55. The van der Waals surface area contributed by atoms with Gasteiger partial charge in [0, 0.05) is 7.05 Å². The number of ether oxygens (including phenoxy) is 2. The lowest BCUT2D eigenvalue weighted by Crippen LogP contribution is -2.27. The molecule has 0 saturated carbocycles. The Kier molecular flexibility index (Phi) is 4.92. The topological polar surface area (TPSA) is 55.8 Å². The number of para-hydroxylation sites is 2. The predicted molar refractivity (Wildman–Crippen MR) is 86.2 cm³/mol. The molecule has 0 radical (unpaired) electrons. The highest BCUT2D eigenvalue weighted by atomic mass is 32.2. The third kappa shape index (κ3) is 3.17. The number of hydrogen-bond acceptors (Lipinski definition) is 4. The van der Waals surface area contributed by atoms with Crippen molar-refractivity contribution in [1.82, 2.24) is 0 Å². The second-order valence-corrected chi connectivity index (χ2v) is 6.52. The number of anilines is 1. The summed E-state index contributed by atoms with van der Waals surface area (Å²) in [6.45, 7) is 2.32. The maximum Gasteiger partial charge on any atom is 0.264 e. The third-order valence-electron chi connectivity index (χ3n) is 3.22. The van der Waals surface area contributed by atoms with Gasteiger partial charge in [0.15, 0.2) is 0 Å². The summed E-state index contributed by atoms with van der Waals surface area (Å²) in [5, 5.41) is 0. The lowest BCUT2D eigenvalue weighted by Gasteiger charge is -2.22. The molecule has 2 aromatic rings. The first-order valence-electron chi connectivity index (χ1n) is 6.85. The largest absolute Gasteiger partial charge is 0.497 e. The minimum absolute atomic E-state index is 0.196. The smallest absolute Gasteiger partial charge is 0.264 e. The number of rotatable bonds is 6. The van der Waals surface area contributed by atoms with Crippen molar-refractivity contribution < 1.29 is 17.9 Å². The van der Waals surface area contributed by atoms with Crippen LogP contribution in [0.5, 0.6) is 11.5 Å². The number of nitrogens with zero attached hydrogens (tertiary/aromatic N) is 1. The molecule has 0 heterocycles. The van der Waals surface area contributed by atoms with Gasteiger partial charge in [-0.1, -0.05) is 12.1 Å². The van der Waals surface area contributed by atoms with E-state index in [1.54, 1.807) is 30.3 Å². The highest BCUT2D eigenvalue weighted by Gasteiger charge is 2.23. The standard InChI is InChI=1S/C16H19NO4S/c1-4-21-16-8-6-5-7-15(16)17(2)22(18,19)14-11-9-13(20-3)10-12-14/h5-12H,4H2,1-3H3. The zero-order chi connectivity index (χ0) is 16.2. The fraction of sp³-hybridized carbons (Fsp3) is 0.250. The molecule has 0 unspecified atom stereocenters. The third-order valence-corrected chi connectivity index (χ3v) is 5.01. The summed E-state index contributed by atoms with van der Waals surface area (Å²) >= 11 is 0. The summed E-state index contributed by atoms with van der Waals surface area (Å²) in [4.78, 5) is 0.196. The zero-order valence-corrected chi connectivity index (χ0v) is 13.6. The zero-order valence-electron chi connectivity index (χ0n) is 12.8. The van der Waals surface area contributed by atoms with E-state index in [1.165, 1.54) is 30.6 Å². The average Bonchev–Trinajstić information content (AvgIpc) is 2.55. The molecule has 0 aromatic heterocycles. The van der Waals surface area contributed by atoms with Gasteiger partial charge in [-0.25, -0.2) is 8.42 Å². The number of hydrogen-bond donors (Lipinski definition) is 0. The molecule has 5 nitrogen and oxygen atoms in total. The molecule has 0 saturated heterocycles. The van der Waals surface area contributed by atoms with E-state index >= 15 is 0 Å². The lowest BCUT2D eigenvalue weighted by atomic mass is 10.3. The van der Waals surface area contributed by atoms with Crippen LogP contribution in [0.15, 0.2) is 53.4 Å². The van der Waals surface area contributed by atoms with Gasteiger partial charge >= 0.3 is 0 Å². The minimum atomic E-state index is -3.66. The number of methoxy groups -OCH3 is 1. The first-order chi connectivity index (χ1) is 10.5. The van der Waals surface area contributed by atoms with Crippen molar-refractivity contribution in [3.63, 3.8) is 0 Å². The highest BCUT2D eigenvalue weighted by molar-refractivity contribution is 7.92. The van der Waals surface area contributed by atoms with Crippen molar-refractivity contribution in [2.24, 2.45) is 0 Å². The quantitative estimate of drug-likeness (QED) is 0.821. The van der Waals surface area contributed by atoms with Crippen molar-refractivity contribution in [3.05, 3.63) is 48.5 Å². The van der Waals surface area contributed by atoms with Crippen LogP contribution in [0.4, 0.5) is 5.69 Å². The van der Waals surface area contributed by atoms with E-state index in [1.807, 2.05) is 13.0 Å². The van der Waals surface area contributed by atoms with E-state index in [4.69, 9.17) is 9.47 Å². The second kappa shape index (κ2) is 6.70. The molecule has 0 aliphatic carbocycles. The fourth-order valence-electron chi connectivity index (χ4n) is 2.03. The Morgan fingerprint density at radius 1 is 1.05 bits per heavy atom. The monoisotopic (exact) mass is 321 g/mol. The van der Waals surface area contributed by atoms with Crippen molar-refractivity contribution in [2.45, 2.75) is 11.8 Å². The summed E-state index contributed by atoms with van der Waals surface area (Å²) in [5.41, 5.74) is 0.500. The maximum atomic E-state index is 12.7. The first-order valence-corrected chi connectivity index (χ1v) is 8.29. The summed E-state index contributed by atoms with van der Waals surface area (Å²) < 4.78 is 37.2. The molecule has 22 heavy (non-hydrogen) atoms. The summed E-state index contributed by atoms with van der Waals surface area (Å²) in [6, 6.07) is 13.3. The van der Waals surface area contributed by atoms with E-state index in [0.29, 0.717) is 23.8 Å². The molecule has 0 spiro atoms. The molecule has 0 N–H and O–H groups in total. The van der Waals surface area contributed by atoms with Gasteiger partial charge in [-0.2, -0.15) is 0 Å². The summed E-state index contributed by atoms with van der Waals surface area (Å²) in [6.07, 6.45) is 0. The van der Waals surface area contributed by atoms with Gasteiger partial charge in [-0.15, -0.1) is 0 Å². The molecule has 0 fully saturated rings. The predicted octanol–water partition coefficient (Wildman–Crippen LogP) is 2.92. The molecule has 2 aromatic carbocycles. The minimum Gasteiger partial charge on any atom is -0.497 e. The Balaban J connectivity index is 2.40. The van der Waals surface area contributed by atoms with Gasteiger partial charge in [0.25, 0.3) is 10.0 Å². The number of sulfonamides is 1. The normalized spacial score (nSPS) is 11.0. The van der Waals surface area contributed by atoms with Crippen LogP contribution in [-0.2, 0) is 10.0 Å². The molecule has 118 valence electrons. The summed E-state index contributed by atoms with van der Waals surface area (Å²) in [5.74, 6) is 1.14. The van der Waals surface area contributed by atoms with Crippen LogP contribution in [0, 0.1) is 0 Å². The molecule has 0 aliphatic heterocycles. The Hall–Kier alpha value is -2.21. The fourth-order valence-corrected chi connectivity index (χ4v) is 3.24. The van der Waals surface area contributed by atoms with Crippen molar-refractivity contribution >= 4 is 15.7 Å². The average molecular weight is 321 g/mol. The highest BCUT2D eigenvalue weighted by Crippen LogP contribution is 2.31. The van der Waals surface area contributed by atoms with E-state index in [2.05, 4.69) is 0 Å². The molecule has 0 atom stereocenters. The van der Waals surface area contributed by atoms with Crippen LogP contribution in [0.1, 0.15) is 6.92 Å². The van der Waals surface area contributed by atoms with E-state index in [-0.39, 0.29) is 4.90 Å². The van der Waals surface area contributed by atoms with Gasteiger partial charge in [0.2, 0.25) is 0 Å². The van der Waals surface area contributed by atoms with Crippen LogP contribution in [0.25, 0.3) is 0 Å². The van der Waals surface area contributed by atoms with E-state index < -0.39 is 10.0 Å². The molecular weight excluding hydrogens is 302 g/mol. The Labute approximate surface area is 131 Å². The first kappa shape index (κ1) is 16.2. The van der Waals surface area contributed by atoms with E-state index in [0.717, 1.165) is 0 Å². The van der Waals surface area contributed by atoms with Gasteiger partial charge in [0.05, 0.1) is 24.3 Å². The van der Waals surface area contributed by atoms with Crippen molar-refractivity contribution in [3.8, 4) is 11.5 Å². The molecule has 2 rings (SSSR count). The Morgan fingerprint density at radius 2 is 1.68 bits per heavy atom. The lowest BCUT2D eigenvalue weighted by molar-refractivity contribution is 0.341. The Morgan fingerprint density at radius 3 is 2.27 bits per heavy atom. The summed E-state index contributed by atoms with van der Waals surface area (Å²) in [7, 11) is -0.613. The number of benzene rings is 2. The van der Waals surface area contributed by atoms with Gasteiger partial charge in [0.1, 0.15) is 11.5 Å². The Bertz CT molecular complexity index is 726. The van der Waals surface area contributed by atoms with Gasteiger partial charge in [-0.3, -0.25) is 4.31 Å². The molecule has 0 bridgehead atoms. The molecule has 0 amide bonds. The van der Waals surface area contributed by atoms with E-state index in [9.17, 15) is 8.42 Å². The van der Waals surface area contributed by atoms with Crippen LogP contribution in [-0.4, -0.2) is 29.2 Å². The molecular formula is C16H19NO4S. The SMILES string of the molecule is CCOc1ccccc1N(C)S(=O)(=O)c1ccc(OC)cc1. The van der Waals surface area contributed by atoms with Crippen LogP contribution >= 0.6 is 0 Å². The van der Waals surface area contributed by atoms with Crippen molar-refractivity contribution in [1.29, 1.82) is 0 Å². The van der Waals surface area contributed by atoms with Gasteiger partial charge < -0.3 is 9.47 Å². The van der Waals surface area contributed by atoms with Crippen LogP contribution in [0.3, 0.4) is 0 Å². The maximum absolute atomic E-state index is 12.7.